The van der Waals surface area contributed by atoms with Crippen molar-refractivity contribution in [2.45, 2.75) is 77.0 Å². The Bertz CT molecular complexity index is 1630. The van der Waals surface area contributed by atoms with Crippen molar-refractivity contribution < 1.29 is 27.5 Å². The summed E-state index contributed by atoms with van der Waals surface area (Å²) in [4.78, 5) is 36.9. The van der Waals surface area contributed by atoms with Gasteiger partial charge in [0.05, 0.1) is 16.6 Å². The molecule has 11 nitrogen and oxygen atoms in total. The summed E-state index contributed by atoms with van der Waals surface area (Å²) < 4.78 is 41.4. The van der Waals surface area contributed by atoms with Crippen molar-refractivity contribution in [2.24, 2.45) is 5.92 Å². The number of fused-ring (bicyclic) bond motifs is 4. The van der Waals surface area contributed by atoms with E-state index >= 15 is 0 Å². The van der Waals surface area contributed by atoms with E-state index in [1.807, 2.05) is 39.0 Å². The van der Waals surface area contributed by atoms with Gasteiger partial charge in [0.25, 0.3) is 15.9 Å². The molecule has 1 aromatic heterocycles. The maximum absolute atomic E-state index is 14.2. The number of nitrogens with one attached hydrogen (secondary N) is 2. The monoisotopic (exact) mass is 621 g/mol. The molecule has 1 aliphatic heterocycles. The fourth-order valence-electron chi connectivity index (χ4n) is 5.83. The molecule has 0 spiro atoms. The van der Waals surface area contributed by atoms with Gasteiger partial charge in [-0.05, 0) is 62.4 Å². The van der Waals surface area contributed by atoms with E-state index in [0.29, 0.717) is 31.5 Å². The summed E-state index contributed by atoms with van der Waals surface area (Å²) in [6.45, 7) is 10.5. The van der Waals surface area contributed by atoms with Crippen LogP contribution in [0.5, 0.6) is 5.88 Å². The summed E-state index contributed by atoms with van der Waals surface area (Å²) in [5, 5.41) is 2.64. The highest BCUT2D eigenvalue weighted by Crippen LogP contribution is 2.34. The zero-order chi connectivity index (χ0) is 31.6. The van der Waals surface area contributed by atoms with Crippen LogP contribution in [0.25, 0.3) is 11.3 Å². The Morgan fingerprint density at radius 1 is 1.11 bits per heavy atom. The number of aromatic nitrogens is 2. The van der Waals surface area contributed by atoms with E-state index in [9.17, 15) is 18.0 Å². The van der Waals surface area contributed by atoms with Crippen LogP contribution in [0.15, 0.2) is 53.4 Å². The molecule has 2 aliphatic rings. The normalized spacial score (nSPS) is 21.1. The molecule has 0 saturated heterocycles. The lowest BCUT2D eigenvalue weighted by Crippen LogP contribution is -2.57. The van der Waals surface area contributed by atoms with Crippen LogP contribution in [0.3, 0.4) is 0 Å². The van der Waals surface area contributed by atoms with Crippen LogP contribution in [0.2, 0.25) is 0 Å². The second kappa shape index (κ2) is 12.8. The third-order valence-electron chi connectivity index (χ3n) is 7.91. The zero-order valence-electron chi connectivity index (χ0n) is 25.7. The molecule has 2 aromatic carbocycles. The SMILES string of the molecule is CCNC(=O)O[C@H]1C[C@@H](N2C(=O)c3cccc(c3)S(=O)(=O)Nc3nc(cc(-c4c(C)cccc4C)n3)OC[C@H]2CC(C)C)C1. The number of amides is 2. The molecular weight excluding hydrogens is 582 g/mol. The fraction of sp³-hybridized carbons (Fsp3) is 0.438. The first-order valence-corrected chi connectivity index (χ1v) is 16.4. The van der Waals surface area contributed by atoms with Crippen LogP contribution >= 0.6 is 0 Å². The van der Waals surface area contributed by atoms with E-state index < -0.39 is 16.1 Å². The topological polar surface area (TPSA) is 140 Å². The molecule has 2 amide bonds. The molecule has 4 bridgehead atoms. The maximum Gasteiger partial charge on any atom is 0.407 e. The van der Waals surface area contributed by atoms with E-state index in [-0.39, 0.29) is 58.9 Å². The van der Waals surface area contributed by atoms with Crippen molar-refractivity contribution >= 4 is 28.0 Å². The van der Waals surface area contributed by atoms with E-state index in [0.717, 1.165) is 16.7 Å². The van der Waals surface area contributed by atoms with Gasteiger partial charge in [0.2, 0.25) is 11.8 Å². The molecule has 5 rings (SSSR count). The number of sulfonamides is 1. The molecule has 0 unspecified atom stereocenters. The highest BCUT2D eigenvalue weighted by Gasteiger charge is 2.42. The summed E-state index contributed by atoms with van der Waals surface area (Å²) in [5.41, 5.74) is 3.55. The molecule has 1 saturated carbocycles. The predicted molar refractivity (Wildman–Crippen MR) is 166 cm³/mol. The lowest BCUT2D eigenvalue weighted by molar-refractivity contribution is -0.0270. The van der Waals surface area contributed by atoms with Crippen molar-refractivity contribution in [3.8, 4) is 17.1 Å². The molecule has 3 aromatic rings. The Hall–Kier alpha value is -4.19. The third kappa shape index (κ3) is 6.80. The van der Waals surface area contributed by atoms with Crippen molar-refractivity contribution in [1.82, 2.24) is 20.2 Å². The minimum atomic E-state index is -4.16. The number of benzene rings is 2. The molecule has 12 heteroatoms. The van der Waals surface area contributed by atoms with Crippen LogP contribution in [0.4, 0.5) is 10.7 Å². The number of hydrogen-bond donors (Lipinski definition) is 2. The van der Waals surface area contributed by atoms with E-state index in [1.165, 1.54) is 12.1 Å². The van der Waals surface area contributed by atoms with Crippen LogP contribution < -0.4 is 14.8 Å². The van der Waals surface area contributed by atoms with Crippen LogP contribution in [-0.2, 0) is 14.8 Å². The average Bonchev–Trinajstić information content (AvgIpc) is 2.93. The first kappa shape index (κ1) is 31.2. The minimum Gasteiger partial charge on any atom is -0.475 e. The number of carbonyl (C=O) groups excluding carboxylic acids is 2. The van der Waals surface area contributed by atoms with E-state index in [4.69, 9.17) is 9.47 Å². The summed E-state index contributed by atoms with van der Waals surface area (Å²) in [6.07, 6.45) is 0.738. The number of nitrogens with zero attached hydrogens (tertiary/aromatic N) is 3. The third-order valence-corrected chi connectivity index (χ3v) is 9.24. The van der Waals surface area contributed by atoms with Gasteiger partial charge in [0, 0.05) is 42.6 Å². The first-order chi connectivity index (χ1) is 20.9. The van der Waals surface area contributed by atoms with Crippen molar-refractivity contribution in [1.29, 1.82) is 0 Å². The second-order valence-corrected chi connectivity index (χ2v) is 13.5. The fourth-order valence-corrected chi connectivity index (χ4v) is 6.82. The van der Waals surface area contributed by atoms with Gasteiger partial charge in [-0.25, -0.2) is 22.9 Å². The van der Waals surface area contributed by atoms with Gasteiger partial charge in [0.15, 0.2) is 0 Å². The minimum absolute atomic E-state index is 0.0856. The van der Waals surface area contributed by atoms with Crippen molar-refractivity contribution in [3.63, 3.8) is 0 Å². The molecule has 1 aliphatic carbocycles. The summed E-state index contributed by atoms with van der Waals surface area (Å²) in [5.74, 6) is -0.0335. The quantitative estimate of drug-likeness (QED) is 0.388. The lowest BCUT2D eigenvalue weighted by atomic mass is 9.85. The van der Waals surface area contributed by atoms with E-state index in [1.54, 1.807) is 23.1 Å². The number of alkyl carbamates (subject to hydrolysis) is 1. The standard InChI is InChI=1S/C32H39N5O6S/c1-6-33-32(39)43-25-15-23(16-25)37-24(13-19(2)3)18-42-28-17-27(29-20(4)9-7-10-21(29)5)34-31(35-28)36-44(40,41)26-12-8-11-22(14-26)30(37)38/h7-12,14,17,19,23-25H,6,13,15-16,18H2,1-5H3,(H,33,39)(H,34,35,36)/t23-,24-,25+/m1/s1. The maximum atomic E-state index is 14.2. The Kier molecular flexibility index (Phi) is 9.10. The highest BCUT2D eigenvalue weighted by molar-refractivity contribution is 7.92. The molecule has 0 radical (unpaired) electrons. The molecule has 44 heavy (non-hydrogen) atoms. The van der Waals surface area contributed by atoms with Gasteiger partial charge in [-0.3, -0.25) is 4.79 Å². The number of carbonyl (C=O) groups is 2. The number of ether oxygens (including phenoxy) is 2. The average molecular weight is 622 g/mol. The number of hydrogen-bond acceptors (Lipinski definition) is 8. The van der Waals surface area contributed by atoms with Gasteiger partial charge in [0.1, 0.15) is 12.7 Å². The number of anilines is 1. The lowest BCUT2D eigenvalue weighted by Gasteiger charge is -2.46. The molecule has 2 heterocycles. The van der Waals surface area contributed by atoms with Crippen LogP contribution in [-0.4, -0.2) is 66.6 Å². The van der Waals surface area contributed by atoms with Crippen molar-refractivity contribution in [2.75, 3.05) is 17.9 Å². The molecule has 1 atom stereocenters. The summed E-state index contributed by atoms with van der Waals surface area (Å²) in [6, 6.07) is 12.9. The summed E-state index contributed by atoms with van der Waals surface area (Å²) >= 11 is 0. The van der Waals surface area contributed by atoms with Crippen molar-refractivity contribution in [3.05, 3.63) is 65.2 Å². The Morgan fingerprint density at radius 2 is 1.82 bits per heavy atom. The second-order valence-electron chi connectivity index (χ2n) is 11.8. The number of rotatable bonds is 6. The predicted octanol–water partition coefficient (Wildman–Crippen LogP) is 5.09. The van der Waals surface area contributed by atoms with Gasteiger partial charge >= 0.3 is 6.09 Å². The molecule has 234 valence electrons. The summed E-state index contributed by atoms with van der Waals surface area (Å²) in [7, 11) is -4.16. The van der Waals surface area contributed by atoms with Crippen LogP contribution in [0, 0.1) is 19.8 Å². The molecular formula is C32H39N5O6S. The zero-order valence-corrected chi connectivity index (χ0v) is 26.5. The Labute approximate surface area is 258 Å². The van der Waals surface area contributed by atoms with Crippen LogP contribution in [0.1, 0.15) is 61.5 Å². The van der Waals surface area contributed by atoms with Gasteiger partial charge < -0.3 is 19.7 Å². The smallest absolute Gasteiger partial charge is 0.407 e. The first-order valence-electron chi connectivity index (χ1n) is 14.9. The molecule has 2 N–H and O–H groups in total. The Balaban J connectivity index is 1.58. The largest absolute Gasteiger partial charge is 0.475 e. The molecule has 1 fully saturated rings. The van der Waals surface area contributed by atoms with Gasteiger partial charge in [-0.15, -0.1) is 0 Å². The van der Waals surface area contributed by atoms with Gasteiger partial charge in [-0.2, -0.15) is 4.98 Å². The Morgan fingerprint density at radius 3 is 2.50 bits per heavy atom. The highest BCUT2D eigenvalue weighted by atomic mass is 32.2. The number of aryl methyl sites for hydroxylation is 2. The van der Waals surface area contributed by atoms with Gasteiger partial charge in [-0.1, -0.05) is 38.1 Å². The van der Waals surface area contributed by atoms with E-state index in [2.05, 4.69) is 33.9 Å².